The minimum absolute atomic E-state index is 0.109. The highest BCUT2D eigenvalue weighted by molar-refractivity contribution is 14.1. The van der Waals surface area contributed by atoms with Crippen molar-refractivity contribution >= 4 is 22.6 Å². The SMILES string of the molecule is OCC1(CNCc2ccc(I)o2)CCCCC1. The monoisotopic (exact) mass is 349 g/mol. The average molecular weight is 349 g/mol. The van der Waals surface area contributed by atoms with Crippen LogP contribution in [0, 0.1) is 9.18 Å². The fourth-order valence-electron chi connectivity index (χ4n) is 2.59. The van der Waals surface area contributed by atoms with Crippen molar-refractivity contribution in [2.75, 3.05) is 13.2 Å². The van der Waals surface area contributed by atoms with E-state index in [9.17, 15) is 5.11 Å². The Bertz CT molecular complexity index is 345. The predicted octanol–water partition coefficient (Wildman–Crippen LogP) is 2.92. The second-order valence-electron chi connectivity index (χ2n) is 5.03. The molecule has 0 atom stereocenters. The fourth-order valence-corrected chi connectivity index (χ4v) is 3.05. The minimum atomic E-state index is 0.109. The van der Waals surface area contributed by atoms with Crippen LogP contribution in [0.4, 0.5) is 0 Å². The smallest absolute Gasteiger partial charge is 0.164 e. The Hall–Kier alpha value is -0.0700. The fraction of sp³-hybridized carbons (Fsp3) is 0.692. The molecule has 4 heteroatoms. The maximum absolute atomic E-state index is 9.58. The molecule has 2 rings (SSSR count). The normalized spacial score (nSPS) is 19.4. The van der Waals surface area contributed by atoms with Crippen LogP contribution in [0.3, 0.4) is 0 Å². The molecule has 0 bridgehead atoms. The van der Waals surface area contributed by atoms with E-state index >= 15 is 0 Å². The molecule has 1 aromatic rings. The molecule has 0 radical (unpaired) electrons. The van der Waals surface area contributed by atoms with Gasteiger partial charge in [0.25, 0.3) is 0 Å². The molecule has 1 aromatic heterocycles. The average Bonchev–Trinajstić information content (AvgIpc) is 2.76. The number of furan rings is 1. The number of aliphatic hydroxyl groups excluding tert-OH is 1. The van der Waals surface area contributed by atoms with Gasteiger partial charge in [0.2, 0.25) is 0 Å². The highest BCUT2D eigenvalue weighted by Crippen LogP contribution is 2.35. The zero-order valence-corrected chi connectivity index (χ0v) is 12.2. The van der Waals surface area contributed by atoms with Gasteiger partial charge in [-0.05, 0) is 47.6 Å². The molecule has 96 valence electrons. The van der Waals surface area contributed by atoms with Gasteiger partial charge in [-0.25, -0.2) is 0 Å². The third-order valence-corrected chi connectivity index (χ3v) is 4.26. The van der Waals surface area contributed by atoms with Crippen LogP contribution in [0.1, 0.15) is 37.9 Å². The molecule has 1 fully saturated rings. The maximum Gasteiger partial charge on any atom is 0.164 e. The van der Waals surface area contributed by atoms with E-state index in [2.05, 4.69) is 27.9 Å². The first-order valence-corrected chi connectivity index (χ1v) is 7.38. The van der Waals surface area contributed by atoms with Crippen molar-refractivity contribution in [1.29, 1.82) is 0 Å². The van der Waals surface area contributed by atoms with Gasteiger partial charge in [0.1, 0.15) is 5.76 Å². The number of hydrogen-bond donors (Lipinski definition) is 2. The first kappa shape index (κ1) is 13.4. The molecular weight excluding hydrogens is 329 g/mol. The molecular formula is C13H20INO2. The van der Waals surface area contributed by atoms with Crippen LogP contribution in [0.2, 0.25) is 0 Å². The molecule has 1 aliphatic rings. The largest absolute Gasteiger partial charge is 0.454 e. The number of aliphatic hydroxyl groups is 1. The van der Waals surface area contributed by atoms with Gasteiger partial charge in [-0.2, -0.15) is 0 Å². The predicted molar refractivity (Wildman–Crippen MR) is 75.7 cm³/mol. The summed E-state index contributed by atoms with van der Waals surface area (Å²) in [6.07, 6.45) is 6.11. The molecule has 0 aliphatic heterocycles. The summed E-state index contributed by atoms with van der Waals surface area (Å²) < 4.78 is 6.43. The van der Waals surface area contributed by atoms with Crippen LogP contribution in [0.5, 0.6) is 0 Å². The van der Waals surface area contributed by atoms with Crippen LogP contribution < -0.4 is 5.32 Å². The third-order valence-electron chi connectivity index (χ3n) is 3.68. The van der Waals surface area contributed by atoms with Crippen LogP contribution in [0.15, 0.2) is 16.5 Å². The quantitative estimate of drug-likeness (QED) is 0.804. The highest BCUT2D eigenvalue weighted by Gasteiger charge is 2.30. The van der Waals surface area contributed by atoms with E-state index in [-0.39, 0.29) is 5.41 Å². The lowest BCUT2D eigenvalue weighted by Crippen LogP contribution is -2.38. The Kier molecular flexibility index (Phi) is 4.87. The number of halogens is 1. The van der Waals surface area contributed by atoms with Crippen molar-refractivity contribution in [2.45, 2.75) is 38.6 Å². The standard InChI is InChI=1S/C13H20INO2/c14-12-5-4-11(17-12)8-15-9-13(10-16)6-2-1-3-7-13/h4-5,15-16H,1-3,6-10H2. The molecule has 1 aliphatic carbocycles. The van der Waals surface area contributed by atoms with E-state index < -0.39 is 0 Å². The lowest BCUT2D eigenvalue weighted by Gasteiger charge is -2.35. The Morgan fingerprint density at radius 2 is 2.06 bits per heavy atom. The number of rotatable bonds is 5. The third kappa shape index (κ3) is 3.69. The summed E-state index contributed by atoms with van der Waals surface area (Å²) >= 11 is 2.17. The van der Waals surface area contributed by atoms with Crippen molar-refractivity contribution < 1.29 is 9.52 Å². The Morgan fingerprint density at radius 3 is 2.65 bits per heavy atom. The molecule has 1 saturated carbocycles. The second kappa shape index (κ2) is 6.20. The Morgan fingerprint density at radius 1 is 1.29 bits per heavy atom. The van der Waals surface area contributed by atoms with E-state index in [0.717, 1.165) is 35.5 Å². The van der Waals surface area contributed by atoms with Gasteiger partial charge >= 0.3 is 0 Å². The molecule has 1 heterocycles. The Labute approximate surface area is 116 Å². The first-order chi connectivity index (χ1) is 8.24. The summed E-state index contributed by atoms with van der Waals surface area (Å²) in [6.45, 7) is 1.95. The zero-order valence-electron chi connectivity index (χ0n) is 10.0. The van der Waals surface area contributed by atoms with Gasteiger partial charge in [0.15, 0.2) is 3.77 Å². The lowest BCUT2D eigenvalue weighted by atomic mass is 9.74. The van der Waals surface area contributed by atoms with E-state index in [1.165, 1.54) is 19.3 Å². The van der Waals surface area contributed by atoms with Crippen LogP contribution in [-0.2, 0) is 6.54 Å². The molecule has 0 spiro atoms. The molecule has 0 unspecified atom stereocenters. The minimum Gasteiger partial charge on any atom is -0.454 e. The zero-order chi connectivity index (χ0) is 12.1. The van der Waals surface area contributed by atoms with Crippen molar-refractivity contribution in [3.05, 3.63) is 21.7 Å². The molecule has 0 amide bonds. The first-order valence-electron chi connectivity index (χ1n) is 6.30. The van der Waals surface area contributed by atoms with Crippen molar-refractivity contribution in [3.63, 3.8) is 0 Å². The summed E-state index contributed by atoms with van der Waals surface area (Å²) in [4.78, 5) is 0. The van der Waals surface area contributed by atoms with E-state index in [1.54, 1.807) is 0 Å². The molecule has 17 heavy (non-hydrogen) atoms. The summed E-state index contributed by atoms with van der Waals surface area (Å²) in [5.74, 6) is 0.971. The molecule has 0 aromatic carbocycles. The second-order valence-corrected chi connectivity index (χ2v) is 6.09. The topological polar surface area (TPSA) is 45.4 Å². The van der Waals surface area contributed by atoms with Crippen LogP contribution in [-0.4, -0.2) is 18.3 Å². The van der Waals surface area contributed by atoms with Gasteiger partial charge in [0, 0.05) is 18.6 Å². The van der Waals surface area contributed by atoms with Gasteiger partial charge in [-0.1, -0.05) is 19.3 Å². The van der Waals surface area contributed by atoms with Gasteiger partial charge in [-0.3, -0.25) is 0 Å². The van der Waals surface area contributed by atoms with Crippen molar-refractivity contribution in [1.82, 2.24) is 5.32 Å². The summed E-state index contributed by atoms with van der Waals surface area (Å²) in [6, 6.07) is 3.97. The van der Waals surface area contributed by atoms with Crippen LogP contribution >= 0.6 is 22.6 Å². The molecule has 0 saturated heterocycles. The summed E-state index contributed by atoms with van der Waals surface area (Å²) in [5, 5.41) is 13.0. The lowest BCUT2D eigenvalue weighted by molar-refractivity contribution is 0.0805. The van der Waals surface area contributed by atoms with Gasteiger partial charge in [0.05, 0.1) is 6.54 Å². The molecule has 2 N–H and O–H groups in total. The van der Waals surface area contributed by atoms with Gasteiger partial charge in [-0.15, -0.1) is 0 Å². The summed E-state index contributed by atoms with van der Waals surface area (Å²) in [7, 11) is 0. The van der Waals surface area contributed by atoms with E-state index in [0.29, 0.717) is 6.61 Å². The Balaban J connectivity index is 1.79. The van der Waals surface area contributed by atoms with E-state index in [1.807, 2.05) is 12.1 Å². The van der Waals surface area contributed by atoms with E-state index in [4.69, 9.17) is 4.42 Å². The van der Waals surface area contributed by atoms with Crippen molar-refractivity contribution in [2.24, 2.45) is 5.41 Å². The van der Waals surface area contributed by atoms with Crippen LogP contribution in [0.25, 0.3) is 0 Å². The number of nitrogens with one attached hydrogen (secondary N) is 1. The van der Waals surface area contributed by atoms with Crippen molar-refractivity contribution in [3.8, 4) is 0 Å². The molecule has 3 nitrogen and oxygen atoms in total. The highest BCUT2D eigenvalue weighted by atomic mass is 127. The number of hydrogen-bond acceptors (Lipinski definition) is 3. The maximum atomic E-state index is 9.58. The van der Waals surface area contributed by atoms with Gasteiger partial charge < -0.3 is 14.8 Å². The summed E-state index contributed by atoms with van der Waals surface area (Å²) in [5.41, 5.74) is 0.109.